The maximum atomic E-state index is 12.4. The van der Waals surface area contributed by atoms with E-state index in [1.807, 2.05) is 13.8 Å². The normalized spacial score (nSPS) is 10.3. The Kier molecular flexibility index (Phi) is 7.14. The Morgan fingerprint density at radius 3 is 2.32 bits per heavy atom. The van der Waals surface area contributed by atoms with Crippen molar-refractivity contribution in [1.82, 2.24) is 0 Å². The number of carbonyl (C=O) groups excluding carboxylic acids is 3. The minimum atomic E-state index is -0.515. The van der Waals surface area contributed by atoms with Crippen molar-refractivity contribution in [1.29, 1.82) is 0 Å². The molecule has 0 bridgehead atoms. The number of amides is 2. The number of rotatable bonds is 7. The van der Waals surface area contributed by atoms with Gasteiger partial charge >= 0.3 is 5.97 Å². The fraction of sp³-hybridized carbons (Fsp3) is 0.286. The van der Waals surface area contributed by atoms with Crippen molar-refractivity contribution < 1.29 is 23.9 Å². The average molecular weight is 384 g/mol. The SMILES string of the molecule is COC(=O)c1cccc(N(CC(=O)Nc2ccc(OC(C)C)cc2)C(C)=O)c1. The number of hydrogen-bond acceptors (Lipinski definition) is 5. The number of methoxy groups -OCH3 is 1. The van der Waals surface area contributed by atoms with E-state index in [0.717, 1.165) is 0 Å². The van der Waals surface area contributed by atoms with E-state index in [0.29, 0.717) is 22.7 Å². The van der Waals surface area contributed by atoms with Crippen molar-refractivity contribution in [3.63, 3.8) is 0 Å². The van der Waals surface area contributed by atoms with E-state index in [9.17, 15) is 14.4 Å². The van der Waals surface area contributed by atoms with Crippen LogP contribution in [0.25, 0.3) is 0 Å². The van der Waals surface area contributed by atoms with Gasteiger partial charge in [-0.1, -0.05) is 6.07 Å². The van der Waals surface area contributed by atoms with Gasteiger partial charge in [0, 0.05) is 18.3 Å². The molecule has 2 rings (SSSR count). The van der Waals surface area contributed by atoms with Crippen LogP contribution in [-0.4, -0.2) is 37.5 Å². The molecule has 7 nitrogen and oxygen atoms in total. The quantitative estimate of drug-likeness (QED) is 0.741. The predicted octanol–water partition coefficient (Wildman–Crippen LogP) is 3.25. The molecule has 0 fully saturated rings. The number of nitrogens with zero attached hydrogens (tertiary/aromatic N) is 1. The minimum absolute atomic E-state index is 0.0605. The standard InChI is InChI=1S/C21H24N2O5/c1-14(2)28-19-10-8-17(9-11-19)22-20(25)13-23(15(3)24)18-7-5-6-16(12-18)21(26)27-4/h5-12,14H,13H2,1-4H3,(H,22,25). The van der Waals surface area contributed by atoms with Crippen molar-refractivity contribution in [3.8, 4) is 5.75 Å². The first kappa shape index (κ1) is 21.0. The summed E-state index contributed by atoms with van der Waals surface area (Å²) in [7, 11) is 1.28. The second kappa shape index (κ2) is 9.55. The van der Waals surface area contributed by atoms with Gasteiger partial charge in [0.05, 0.1) is 18.8 Å². The molecule has 0 radical (unpaired) electrons. The molecular weight excluding hydrogens is 360 g/mol. The third-order valence-electron chi connectivity index (χ3n) is 3.77. The zero-order valence-electron chi connectivity index (χ0n) is 16.4. The average Bonchev–Trinajstić information content (AvgIpc) is 2.66. The number of esters is 1. The molecular formula is C21H24N2O5. The summed E-state index contributed by atoms with van der Waals surface area (Å²) in [6, 6.07) is 13.3. The second-order valence-corrected chi connectivity index (χ2v) is 6.39. The van der Waals surface area contributed by atoms with Crippen LogP contribution >= 0.6 is 0 Å². The second-order valence-electron chi connectivity index (χ2n) is 6.39. The predicted molar refractivity (Wildman–Crippen MR) is 107 cm³/mol. The fourth-order valence-corrected chi connectivity index (χ4v) is 2.54. The molecule has 0 aliphatic carbocycles. The summed E-state index contributed by atoms with van der Waals surface area (Å²) in [4.78, 5) is 37.4. The summed E-state index contributed by atoms with van der Waals surface area (Å²) in [6.45, 7) is 5.03. The molecule has 0 saturated carbocycles. The van der Waals surface area contributed by atoms with E-state index in [2.05, 4.69) is 5.32 Å². The number of carbonyl (C=O) groups is 3. The Balaban J connectivity index is 2.09. The van der Waals surface area contributed by atoms with Crippen molar-refractivity contribution >= 4 is 29.2 Å². The first-order valence-corrected chi connectivity index (χ1v) is 8.83. The summed E-state index contributed by atoms with van der Waals surface area (Å²) in [6.07, 6.45) is 0.0605. The number of benzene rings is 2. The zero-order valence-corrected chi connectivity index (χ0v) is 16.4. The van der Waals surface area contributed by atoms with Crippen LogP contribution in [0.3, 0.4) is 0 Å². The lowest BCUT2D eigenvalue weighted by molar-refractivity contribution is -0.120. The Morgan fingerprint density at radius 1 is 1.07 bits per heavy atom. The summed E-state index contributed by atoms with van der Waals surface area (Å²) in [5.41, 5.74) is 1.33. The van der Waals surface area contributed by atoms with Crippen LogP contribution in [0.2, 0.25) is 0 Å². The van der Waals surface area contributed by atoms with Crippen molar-refractivity contribution in [2.75, 3.05) is 23.9 Å². The first-order valence-electron chi connectivity index (χ1n) is 8.83. The summed E-state index contributed by atoms with van der Waals surface area (Å²) >= 11 is 0. The minimum Gasteiger partial charge on any atom is -0.491 e. The summed E-state index contributed by atoms with van der Waals surface area (Å²) in [5.74, 6) is -0.495. The highest BCUT2D eigenvalue weighted by Gasteiger charge is 2.17. The number of hydrogen-bond donors (Lipinski definition) is 1. The van der Waals surface area contributed by atoms with Gasteiger partial charge in [0.1, 0.15) is 12.3 Å². The van der Waals surface area contributed by atoms with E-state index >= 15 is 0 Å². The molecule has 0 spiro atoms. The highest BCUT2D eigenvalue weighted by molar-refractivity contribution is 6.02. The van der Waals surface area contributed by atoms with Crippen LogP contribution in [0.1, 0.15) is 31.1 Å². The number of anilines is 2. The van der Waals surface area contributed by atoms with Crippen LogP contribution in [-0.2, 0) is 14.3 Å². The molecule has 0 aliphatic heterocycles. The van der Waals surface area contributed by atoms with Crippen LogP contribution in [0.5, 0.6) is 5.75 Å². The summed E-state index contributed by atoms with van der Waals surface area (Å²) < 4.78 is 10.3. The molecule has 0 saturated heterocycles. The highest BCUT2D eigenvalue weighted by atomic mass is 16.5. The molecule has 28 heavy (non-hydrogen) atoms. The molecule has 7 heteroatoms. The Morgan fingerprint density at radius 2 is 1.75 bits per heavy atom. The van der Waals surface area contributed by atoms with Gasteiger partial charge in [0.25, 0.3) is 0 Å². The molecule has 2 amide bonds. The zero-order chi connectivity index (χ0) is 20.7. The van der Waals surface area contributed by atoms with Crippen LogP contribution < -0.4 is 15.0 Å². The third-order valence-corrected chi connectivity index (χ3v) is 3.77. The Bertz CT molecular complexity index is 846. The fourth-order valence-electron chi connectivity index (χ4n) is 2.54. The van der Waals surface area contributed by atoms with Crippen molar-refractivity contribution in [3.05, 3.63) is 54.1 Å². The number of nitrogens with one attached hydrogen (secondary N) is 1. The first-order chi connectivity index (χ1) is 13.3. The van der Waals surface area contributed by atoms with E-state index in [1.54, 1.807) is 42.5 Å². The van der Waals surface area contributed by atoms with Crippen molar-refractivity contribution in [2.24, 2.45) is 0 Å². The van der Waals surface area contributed by atoms with Crippen LogP contribution in [0.4, 0.5) is 11.4 Å². The molecule has 0 atom stereocenters. The largest absolute Gasteiger partial charge is 0.491 e. The molecule has 2 aromatic carbocycles. The van der Waals surface area contributed by atoms with E-state index in [-0.39, 0.29) is 24.5 Å². The van der Waals surface area contributed by atoms with Gasteiger partial charge in [0.2, 0.25) is 11.8 Å². The van der Waals surface area contributed by atoms with Crippen LogP contribution in [0, 0.1) is 0 Å². The monoisotopic (exact) mass is 384 g/mol. The lowest BCUT2D eigenvalue weighted by atomic mass is 10.2. The van der Waals surface area contributed by atoms with E-state index in [4.69, 9.17) is 9.47 Å². The van der Waals surface area contributed by atoms with Gasteiger partial charge in [-0.05, 0) is 56.3 Å². The van der Waals surface area contributed by atoms with Gasteiger partial charge < -0.3 is 19.7 Å². The maximum absolute atomic E-state index is 12.4. The molecule has 148 valence electrons. The molecule has 0 aliphatic rings. The van der Waals surface area contributed by atoms with Gasteiger partial charge in [-0.2, -0.15) is 0 Å². The van der Waals surface area contributed by atoms with E-state index < -0.39 is 5.97 Å². The molecule has 2 aromatic rings. The van der Waals surface area contributed by atoms with Crippen LogP contribution in [0.15, 0.2) is 48.5 Å². The summed E-state index contributed by atoms with van der Waals surface area (Å²) in [5, 5.41) is 2.75. The molecule has 1 N–H and O–H groups in total. The Hall–Kier alpha value is -3.35. The third kappa shape index (κ3) is 5.84. The van der Waals surface area contributed by atoms with Gasteiger partial charge in [-0.3, -0.25) is 9.59 Å². The molecule has 0 aromatic heterocycles. The lowest BCUT2D eigenvalue weighted by Crippen LogP contribution is -2.36. The van der Waals surface area contributed by atoms with E-state index in [1.165, 1.54) is 25.0 Å². The topological polar surface area (TPSA) is 84.9 Å². The molecule has 0 unspecified atom stereocenters. The number of ether oxygens (including phenoxy) is 2. The van der Waals surface area contributed by atoms with Gasteiger partial charge in [-0.25, -0.2) is 4.79 Å². The highest BCUT2D eigenvalue weighted by Crippen LogP contribution is 2.19. The van der Waals surface area contributed by atoms with Crippen molar-refractivity contribution in [2.45, 2.75) is 26.9 Å². The molecule has 0 heterocycles. The Labute approximate surface area is 164 Å². The van der Waals surface area contributed by atoms with Gasteiger partial charge in [0.15, 0.2) is 0 Å². The lowest BCUT2D eigenvalue weighted by Gasteiger charge is -2.21. The van der Waals surface area contributed by atoms with Gasteiger partial charge in [-0.15, -0.1) is 0 Å². The smallest absolute Gasteiger partial charge is 0.337 e. The maximum Gasteiger partial charge on any atom is 0.337 e.